The third kappa shape index (κ3) is 4.80. The first-order valence-electron chi connectivity index (χ1n) is 11.2. The highest BCUT2D eigenvalue weighted by atomic mass is 16.5. The van der Waals surface area contributed by atoms with Crippen LogP contribution in [-0.2, 0) is 9.53 Å². The molecule has 0 aromatic heterocycles. The van der Waals surface area contributed by atoms with E-state index in [2.05, 4.69) is 26.0 Å². The summed E-state index contributed by atoms with van der Waals surface area (Å²) in [5.74, 6) is -0.0120. The lowest BCUT2D eigenvalue weighted by molar-refractivity contribution is -0.113. The smallest absolute Gasteiger partial charge is 0.338 e. The zero-order chi connectivity index (χ0) is 23.4. The molecule has 0 saturated carbocycles. The van der Waals surface area contributed by atoms with Gasteiger partial charge in [0, 0.05) is 11.3 Å². The lowest BCUT2D eigenvalue weighted by Crippen LogP contribution is -2.24. The molecule has 4 heteroatoms. The van der Waals surface area contributed by atoms with E-state index in [1.54, 1.807) is 24.0 Å². The molecule has 0 spiro atoms. The summed E-state index contributed by atoms with van der Waals surface area (Å²) < 4.78 is 5.04. The third-order valence-corrected chi connectivity index (χ3v) is 5.61. The van der Waals surface area contributed by atoms with Crippen LogP contribution in [0.4, 0.5) is 5.69 Å². The van der Waals surface area contributed by atoms with Crippen molar-refractivity contribution in [1.29, 1.82) is 0 Å². The zero-order valence-electron chi connectivity index (χ0n) is 19.1. The Kier molecular flexibility index (Phi) is 6.55. The second-order valence-electron chi connectivity index (χ2n) is 8.22. The van der Waals surface area contributed by atoms with Crippen molar-refractivity contribution >= 4 is 29.3 Å². The van der Waals surface area contributed by atoms with E-state index in [0.29, 0.717) is 23.7 Å². The molecule has 166 valence electrons. The van der Waals surface area contributed by atoms with Gasteiger partial charge in [-0.15, -0.1) is 0 Å². The lowest BCUT2D eigenvalue weighted by atomic mass is 10.0. The van der Waals surface area contributed by atoms with Gasteiger partial charge in [-0.25, -0.2) is 4.79 Å². The molecule has 4 rings (SSSR count). The minimum Gasteiger partial charge on any atom is -0.462 e. The Morgan fingerprint density at radius 3 is 2.21 bits per heavy atom. The molecule has 0 N–H and O–H groups in total. The van der Waals surface area contributed by atoms with Crippen molar-refractivity contribution in [3.05, 3.63) is 113 Å². The van der Waals surface area contributed by atoms with Gasteiger partial charge in [-0.3, -0.25) is 9.69 Å². The summed E-state index contributed by atoms with van der Waals surface area (Å²) in [4.78, 5) is 27.2. The van der Waals surface area contributed by atoms with E-state index in [4.69, 9.17) is 4.74 Å². The third-order valence-electron chi connectivity index (χ3n) is 5.61. The Labute approximate surface area is 194 Å². The molecule has 3 aromatic carbocycles. The van der Waals surface area contributed by atoms with Crippen LogP contribution in [0.1, 0.15) is 53.7 Å². The zero-order valence-corrected chi connectivity index (χ0v) is 19.1. The quantitative estimate of drug-likeness (QED) is 0.328. The van der Waals surface area contributed by atoms with Gasteiger partial charge in [-0.1, -0.05) is 68.4 Å². The van der Waals surface area contributed by atoms with Gasteiger partial charge in [0.1, 0.15) is 0 Å². The molecule has 33 heavy (non-hydrogen) atoms. The van der Waals surface area contributed by atoms with Crippen LogP contribution in [-0.4, -0.2) is 18.5 Å². The Morgan fingerprint density at radius 1 is 0.939 bits per heavy atom. The Morgan fingerprint density at radius 2 is 1.61 bits per heavy atom. The van der Waals surface area contributed by atoms with Gasteiger partial charge in [0.2, 0.25) is 0 Å². The maximum atomic E-state index is 13.5. The molecule has 1 amide bonds. The van der Waals surface area contributed by atoms with Gasteiger partial charge in [0.15, 0.2) is 0 Å². The normalized spacial score (nSPS) is 14.7. The Bertz CT molecular complexity index is 1200. The summed E-state index contributed by atoms with van der Waals surface area (Å²) in [6.07, 6.45) is 3.77. The number of anilines is 1. The maximum absolute atomic E-state index is 13.5. The summed E-state index contributed by atoms with van der Waals surface area (Å²) in [6, 6.07) is 25.1. The average Bonchev–Trinajstić information content (AvgIpc) is 3.16. The first-order chi connectivity index (χ1) is 16.0. The summed E-state index contributed by atoms with van der Waals surface area (Å²) in [6.45, 7) is 6.42. The number of esters is 1. The van der Waals surface area contributed by atoms with E-state index in [0.717, 1.165) is 22.5 Å². The Hall–Kier alpha value is -3.92. The average molecular weight is 438 g/mol. The van der Waals surface area contributed by atoms with Crippen LogP contribution in [0.25, 0.3) is 11.8 Å². The van der Waals surface area contributed by atoms with Crippen molar-refractivity contribution in [1.82, 2.24) is 0 Å². The van der Waals surface area contributed by atoms with Crippen LogP contribution < -0.4 is 4.90 Å². The molecule has 0 bridgehead atoms. The van der Waals surface area contributed by atoms with E-state index in [9.17, 15) is 9.59 Å². The molecular formula is C29H27NO3. The molecule has 1 aliphatic heterocycles. The maximum Gasteiger partial charge on any atom is 0.338 e. The van der Waals surface area contributed by atoms with E-state index < -0.39 is 0 Å². The van der Waals surface area contributed by atoms with Crippen molar-refractivity contribution < 1.29 is 14.3 Å². The second kappa shape index (κ2) is 9.70. The van der Waals surface area contributed by atoms with Crippen LogP contribution in [0.5, 0.6) is 0 Å². The molecule has 3 aromatic rings. The van der Waals surface area contributed by atoms with Crippen molar-refractivity contribution in [2.45, 2.75) is 26.7 Å². The van der Waals surface area contributed by atoms with E-state index in [1.165, 1.54) is 5.56 Å². The van der Waals surface area contributed by atoms with Crippen molar-refractivity contribution in [2.75, 3.05) is 11.5 Å². The fourth-order valence-electron chi connectivity index (χ4n) is 3.81. The number of hydrogen-bond acceptors (Lipinski definition) is 3. The molecular weight excluding hydrogens is 410 g/mol. The van der Waals surface area contributed by atoms with Gasteiger partial charge >= 0.3 is 5.97 Å². The minimum atomic E-state index is -0.351. The highest BCUT2D eigenvalue weighted by Gasteiger charge is 2.30. The fraction of sp³-hybridized carbons (Fsp3) is 0.172. The van der Waals surface area contributed by atoms with Crippen molar-refractivity contribution in [3.8, 4) is 0 Å². The fourth-order valence-corrected chi connectivity index (χ4v) is 3.81. The van der Waals surface area contributed by atoms with Crippen LogP contribution in [0.3, 0.4) is 0 Å². The minimum absolute atomic E-state index is 0.0828. The molecule has 1 aliphatic rings. The standard InChI is InChI=1S/C29H27NO3/c1-4-33-29(32)24-12-10-21(11-13-24)18-25-19-27(23-8-6-5-7-9-23)30(28(25)31)26-16-14-22(15-17-26)20(2)3/h5-20H,4H2,1-3H3/b25-18+. The van der Waals surface area contributed by atoms with Gasteiger partial charge in [0.05, 0.1) is 17.9 Å². The van der Waals surface area contributed by atoms with E-state index in [-0.39, 0.29) is 11.9 Å². The van der Waals surface area contributed by atoms with Crippen molar-refractivity contribution in [3.63, 3.8) is 0 Å². The Balaban J connectivity index is 1.70. The largest absolute Gasteiger partial charge is 0.462 e. The number of amides is 1. The number of ether oxygens (including phenoxy) is 1. The number of nitrogens with zero attached hydrogens (tertiary/aromatic N) is 1. The highest BCUT2D eigenvalue weighted by Crippen LogP contribution is 2.35. The van der Waals surface area contributed by atoms with Gasteiger partial charge in [-0.05, 0) is 65.9 Å². The molecule has 0 atom stereocenters. The van der Waals surface area contributed by atoms with Crippen LogP contribution in [0.15, 0.2) is 90.5 Å². The van der Waals surface area contributed by atoms with Crippen LogP contribution >= 0.6 is 0 Å². The summed E-state index contributed by atoms with van der Waals surface area (Å²) in [5.41, 5.74) is 5.79. The molecule has 0 radical (unpaired) electrons. The van der Waals surface area contributed by atoms with E-state index >= 15 is 0 Å². The highest BCUT2D eigenvalue weighted by molar-refractivity contribution is 6.23. The number of hydrogen-bond donors (Lipinski definition) is 0. The molecule has 0 unspecified atom stereocenters. The summed E-state index contributed by atoms with van der Waals surface area (Å²) in [7, 11) is 0. The predicted molar refractivity (Wildman–Crippen MR) is 133 cm³/mol. The summed E-state index contributed by atoms with van der Waals surface area (Å²) in [5, 5.41) is 0. The van der Waals surface area contributed by atoms with Gasteiger partial charge < -0.3 is 4.74 Å². The first-order valence-corrected chi connectivity index (χ1v) is 11.2. The first kappa shape index (κ1) is 22.3. The second-order valence-corrected chi connectivity index (χ2v) is 8.22. The van der Waals surface area contributed by atoms with E-state index in [1.807, 2.05) is 66.7 Å². The number of rotatable bonds is 6. The monoisotopic (exact) mass is 437 g/mol. The SMILES string of the molecule is CCOC(=O)c1ccc(/C=C2\C=C(c3ccccc3)N(c3ccc(C(C)C)cc3)C2=O)cc1. The van der Waals surface area contributed by atoms with Crippen molar-refractivity contribution in [2.24, 2.45) is 0 Å². The molecule has 0 aliphatic carbocycles. The number of benzene rings is 3. The topological polar surface area (TPSA) is 46.6 Å². The number of carbonyl (C=O) groups is 2. The number of carbonyl (C=O) groups excluding carboxylic acids is 2. The molecule has 1 heterocycles. The molecule has 4 nitrogen and oxygen atoms in total. The predicted octanol–water partition coefficient (Wildman–Crippen LogP) is 6.46. The van der Waals surface area contributed by atoms with Crippen LogP contribution in [0, 0.1) is 0 Å². The van der Waals surface area contributed by atoms with Gasteiger partial charge in [0.25, 0.3) is 5.91 Å². The van der Waals surface area contributed by atoms with Gasteiger partial charge in [-0.2, -0.15) is 0 Å². The van der Waals surface area contributed by atoms with Crippen LogP contribution in [0.2, 0.25) is 0 Å². The lowest BCUT2D eigenvalue weighted by Gasteiger charge is -2.21. The summed E-state index contributed by atoms with van der Waals surface area (Å²) >= 11 is 0. The molecule has 0 fully saturated rings. The molecule has 0 saturated heterocycles.